The number of hydrogen-bond donors (Lipinski definition) is 0. The van der Waals surface area contributed by atoms with Gasteiger partial charge in [-0.2, -0.15) is 0 Å². The zero-order valence-corrected chi connectivity index (χ0v) is 15.8. The van der Waals surface area contributed by atoms with Gasteiger partial charge in [0, 0.05) is 17.5 Å². The van der Waals surface area contributed by atoms with Crippen LogP contribution in [0.1, 0.15) is 26.5 Å². The van der Waals surface area contributed by atoms with E-state index in [0.29, 0.717) is 18.5 Å². The number of rotatable bonds is 4. The molecule has 0 bridgehead atoms. The van der Waals surface area contributed by atoms with Gasteiger partial charge in [-0.1, -0.05) is 18.2 Å². The van der Waals surface area contributed by atoms with E-state index in [4.69, 9.17) is 16.3 Å². The summed E-state index contributed by atoms with van der Waals surface area (Å²) in [4.78, 5) is 12.4. The van der Waals surface area contributed by atoms with Crippen LogP contribution >= 0.6 is 23.4 Å². The minimum absolute atomic E-state index is 0.210. The predicted molar refractivity (Wildman–Crippen MR) is 100.0 cm³/mol. The quantitative estimate of drug-likeness (QED) is 0.595. The van der Waals surface area contributed by atoms with E-state index in [1.165, 1.54) is 4.90 Å². The minimum atomic E-state index is -0.210. The molecule has 1 aromatic heterocycles. The monoisotopic (exact) mass is 363 g/mol. The highest BCUT2D eigenvalue weighted by Gasteiger charge is 2.28. The fraction of sp³-hybridized carbons (Fsp3) is 0.444. The van der Waals surface area contributed by atoms with E-state index in [1.807, 2.05) is 18.2 Å². The fourth-order valence-electron chi connectivity index (χ4n) is 2.76. The van der Waals surface area contributed by atoms with Gasteiger partial charge in [0.2, 0.25) is 5.28 Å². The molecule has 3 rings (SSSR count). The van der Waals surface area contributed by atoms with Gasteiger partial charge in [0.1, 0.15) is 5.82 Å². The summed E-state index contributed by atoms with van der Waals surface area (Å²) < 4.78 is 5.31. The summed E-state index contributed by atoms with van der Waals surface area (Å²) in [5.41, 5.74) is 0.935. The van der Waals surface area contributed by atoms with E-state index in [9.17, 15) is 0 Å². The van der Waals surface area contributed by atoms with E-state index in [-0.39, 0.29) is 10.8 Å². The predicted octanol–water partition coefficient (Wildman–Crippen LogP) is 4.38. The van der Waals surface area contributed by atoms with Crippen LogP contribution in [-0.4, -0.2) is 35.8 Å². The first-order chi connectivity index (χ1) is 11.5. The van der Waals surface area contributed by atoms with Crippen LogP contribution in [0.5, 0.6) is 0 Å². The Balaban J connectivity index is 1.90. The Morgan fingerprint density at radius 3 is 2.71 bits per heavy atom. The molecule has 1 saturated heterocycles. The van der Waals surface area contributed by atoms with Crippen molar-refractivity contribution in [1.82, 2.24) is 9.97 Å². The highest BCUT2D eigenvalue weighted by Crippen LogP contribution is 2.41. The minimum Gasteiger partial charge on any atom is -0.377 e. The van der Waals surface area contributed by atoms with Gasteiger partial charge in [-0.3, -0.25) is 0 Å². The summed E-state index contributed by atoms with van der Waals surface area (Å²) in [5.74, 6) is 0.877. The van der Waals surface area contributed by atoms with Crippen LogP contribution in [0, 0.1) is 0 Å². The van der Waals surface area contributed by atoms with Crippen LogP contribution in [0.3, 0.4) is 0 Å². The molecule has 4 nitrogen and oxygen atoms in total. The molecule has 0 saturated carbocycles. The summed E-state index contributed by atoms with van der Waals surface area (Å²) in [6.45, 7) is 8.70. The molecule has 0 amide bonds. The van der Waals surface area contributed by atoms with Crippen molar-refractivity contribution in [2.24, 2.45) is 0 Å². The van der Waals surface area contributed by atoms with Gasteiger partial charge in [0.15, 0.2) is 0 Å². The normalized spacial score (nSPS) is 18.7. The number of morpholine rings is 1. The van der Waals surface area contributed by atoms with Crippen molar-refractivity contribution in [3.05, 3.63) is 47.4 Å². The van der Waals surface area contributed by atoms with Gasteiger partial charge in [-0.15, -0.1) is 11.8 Å². The molecule has 0 spiro atoms. The molecule has 0 aliphatic carbocycles. The molecule has 1 aliphatic rings. The number of ether oxygens (including phenoxy) is 1. The number of benzene rings is 1. The van der Waals surface area contributed by atoms with Gasteiger partial charge in [0.05, 0.1) is 29.7 Å². The first-order valence-corrected chi connectivity index (χ1v) is 9.29. The second-order valence-electron chi connectivity index (χ2n) is 6.42. The van der Waals surface area contributed by atoms with Crippen molar-refractivity contribution in [3.8, 4) is 0 Å². The third kappa shape index (κ3) is 4.02. The maximum Gasteiger partial charge on any atom is 0.224 e. The van der Waals surface area contributed by atoms with Gasteiger partial charge in [-0.25, -0.2) is 9.97 Å². The van der Waals surface area contributed by atoms with Crippen molar-refractivity contribution in [2.75, 3.05) is 24.7 Å². The molecule has 6 heteroatoms. The number of hydrogen-bond acceptors (Lipinski definition) is 5. The molecule has 0 unspecified atom stereocenters. The zero-order chi connectivity index (χ0) is 17.2. The lowest BCUT2D eigenvalue weighted by Crippen LogP contribution is -2.44. The molecule has 1 aliphatic heterocycles. The summed E-state index contributed by atoms with van der Waals surface area (Å²) in [6.07, 6.45) is 0. The Morgan fingerprint density at radius 2 is 2.00 bits per heavy atom. The van der Waals surface area contributed by atoms with Gasteiger partial charge >= 0.3 is 0 Å². The van der Waals surface area contributed by atoms with Crippen LogP contribution in [0.2, 0.25) is 5.28 Å². The summed E-state index contributed by atoms with van der Waals surface area (Å²) in [7, 11) is 0. The Morgan fingerprint density at radius 1 is 1.25 bits per heavy atom. The Labute approximate surface area is 152 Å². The average Bonchev–Trinajstić information content (AvgIpc) is 2.55. The molecule has 1 fully saturated rings. The molecule has 2 aromatic rings. The Bertz CT molecular complexity index is 696. The highest BCUT2D eigenvalue weighted by molar-refractivity contribution is 8.00. The Hall–Kier alpha value is -1.30. The number of aromatic nitrogens is 2. The molecule has 2 heterocycles. The third-order valence-electron chi connectivity index (χ3n) is 4.08. The number of nitrogens with zero attached hydrogens (tertiary/aromatic N) is 3. The maximum atomic E-state index is 6.24. The standard InChI is InChI=1S/C18H22ClN3OS/c1-13-12-23-10-9-22(13)16-11-15(20-17(19)21-16)18(2,3)24-14-7-5-4-6-8-14/h4-8,11,13H,9-10,12H2,1-3H3/t13-/m0/s1. The maximum absolute atomic E-state index is 6.24. The van der Waals surface area contributed by atoms with E-state index in [2.05, 4.69) is 53.8 Å². The fourth-order valence-corrected chi connectivity index (χ4v) is 4.03. The first kappa shape index (κ1) is 17.5. The summed E-state index contributed by atoms with van der Waals surface area (Å²) >= 11 is 8.01. The average molecular weight is 364 g/mol. The lowest BCUT2D eigenvalue weighted by atomic mass is 10.1. The third-order valence-corrected chi connectivity index (χ3v) is 5.48. The second kappa shape index (κ2) is 7.30. The summed E-state index contributed by atoms with van der Waals surface area (Å²) in [5, 5.41) is 0.294. The van der Waals surface area contributed by atoms with Crippen LogP contribution in [0.4, 0.5) is 5.82 Å². The lowest BCUT2D eigenvalue weighted by Gasteiger charge is -2.35. The van der Waals surface area contributed by atoms with Crippen LogP contribution in [-0.2, 0) is 9.48 Å². The number of anilines is 1. The van der Waals surface area contributed by atoms with Gasteiger partial charge in [-0.05, 0) is 44.5 Å². The molecule has 24 heavy (non-hydrogen) atoms. The molecule has 1 atom stereocenters. The van der Waals surface area contributed by atoms with Crippen LogP contribution in [0.25, 0.3) is 0 Å². The molecule has 128 valence electrons. The van der Waals surface area contributed by atoms with E-state index in [0.717, 1.165) is 18.1 Å². The second-order valence-corrected chi connectivity index (χ2v) is 8.46. The van der Waals surface area contributed by atoms with Crippen molar-refractivity contribution in [2.45, 2.75) is 36.5 Å². The van der Waals surface area contributed by atoms with E-state index < -0.39 is 0 Å². The summed E-state index contributed by atoms with van der Waals surface area (Å²) in [6, 6.07) is 12.7. The molecule has 0 N–H and O–H groups in total. The zero-order valence-electron chi connectivity index (χ0n) is 14.2. The highest BCUT2D eigenvalue weighted by atomic mass is 35.5. The molecule has 1 aromatic carbocycles. The van der Waals surface area contributed by atoms with Crippen LogP contribution in [0.15, 0.2) is 41.3 Å². The molecule has 0 radical (unpaired) electrons. The largest absolute Gasteiger partial charge is 0.377 e. The topological polar surface area (TPSA) is 38.2 Å². The van der Waals surface area contributed by atoms with Gasteiger partial charge in [0.25, 0.3) is 0 Å². The smallest absolute Gasteiger partial charge is 0.224 e. The van der Waals surface area contributed by atoms with Gasteiger partial charge < -0.3 is 9.64 Å². The van der Waals surface area contributed by atoms with Crippen LogP contribution < -0.4 is 4.90 Å². The SMILES string of the molecule is C[C@H]1COCCN1c1cc(C(C)(C)Sc2ccccc2)nc(Cl)n1. The van der Waals surface area contributed by atoms with Crippen molar-refractivity contribution >= 4 is 29.2 Å². The van der Waals surface area contributed by atoms with Crippen molar-refractivity contribution in [1.29, 1.82) is 0 Å². The Kier molecular flexibility index (Phi) is 5.33. The van der Waals surface area contributed by atoms with Crippen molar-refractivity contribution < 1.29 is 4.74 Å². The van der Waals surface area contributed by atoms with Crippen molar-refractivity contribution in [3.63, 3.8) is 0 Å². The molecular formula is C18H22ClN3OS. The number of thioether (sulfide) groups is 1. The first-order valence-electron chi connectivity index (χ1n) is 8.09. The number of halogens is 1. The lowest BCUT2D eigenvalue weighted by molar-refractivity contribution is 0.0985. The van der Waals surface area contributed by atoms with E-state index in [1.54, 1.807) is 11.8 Å². The molecular weight excluding hydrogens is 342 g/mol. The van der Waals surface area contributed by atoms with E-state index >= 15 is 0 Å².